The maximum Gasteiger partial charge on any atom is 0.193 e. The molecule has 0 bridgehead atoms. The number of hydrogen-bond acceptors (Lipinski definition) is 3. The highest BCUT2D eigenvalue weighted by Crippen LogP contribution is 2.12. The zero-order valence-corrected chi connectivity index (χ0v) is 14.3. The van der Waals surface area contributed by atoms with Gasteiger partial charge in [0.05, 0.1) is 13.2 Å². The van der Waals surface area contributed by atoms with E-state index in [1.807, 2.05) is 13.1 Å². The van der Waals surface area contributed by atoms with Gasteiger partial charge in [0, 0.05) is 46.3 Å². The number of nitrogens with one attached hydrogen (secondary N) is 1. The van der Waals surface area contributed by atoms with Crippen molar-refractivity contribution in [2.45, 2.75) is 19.4 Å². The van der Waals surface area contributed by atoms with Gasteiger partial charge >= 0.3 is 0 Å². The summed E-state index contributed by atoms with van der Waals surface area (Å²) in [6.07, 6.45) is 2.11. The van der Waals surface area contributed by atoms with Crippen molar-refractivity contribution < 1.29 is 9.47 Å². The van der Waals surface area contributed by atoms with Crippen LogP contribution in [0.15, 0.2) is 35.3 Å². The predicted octanol–water partition coefficient (Wildman–Crippen LogP) is 2.14. The van der Waals surface area contributed by atoms with Crippen LogP contribution in [-0.2, 0) is 16.0 Å². The molecule has 2 rings (SSSR count). The molecule has 23 heavy (non-hydrogen) atoms. The smallest absolute Gasteiger partial charge is 0.193 e. The lowest BCUT2D eigenvalue weighted by molar-refractivity contribution is 0.0887. The molecular formula is C18H29N3O2. The van der Waals surface area contributed by atoms with Crippen LogP contribution in [0.25, 0.3) is 0 Å². The minimum atomic E-state index is 0.590. The second-order valence-electron chi connectivity index (χ2n) is 5.97. The van der Waals surface area contributed by atoms with Crippen LogP contribution in [0.5, 0.6) is 0 Å². The Balaban J connectivity index is 1.58. The lowest BCUT2D eigenvalue weighted by Gasteiger charge is -2.22. The van der Waals surface area contributed by atoms with E-state index in [0.717, 1.165) is 58.3 Å². The number of nitrogens with zero attached hydrogens (tertiary/aromatic N) is 2. The van der Waals surface area contributed by atoms with Gasteiger partial charge in [-0.1, -0.05) is 30.3 Å². The van der Waals surface area contributed by atoms with Crippen LogP contribution in [-0.4, -0.2) is 57.9 Å². The summed E-state index contributed by atoms with van der Waals surface area (Å²) in [7, 11) is 3.87. The number of guanidine groups is 1. The largest absolute Gasteiger partial charge is 0.381 e. The lowest BCUT2D eigenvalue weighted by atomic mass is 10.1. The van der Waals surface area contributed by atoms with Crippen molar-refractivity contribution in [3.05, 3.63) is 35.9 Å². The first-order chi connectivity index (χ1) is 11.3. The summed E-state index contributed by atoms with van der Waals surface area (Å²) in [4.78, 5) is 6.47. The molecule has 1 heterocycles. The van der Waals surface area contributed by atoms with E-state index in [1.165, 1.54) is 5.56 Å². The molecular weight excluding hydrogens is 290 g/mol. The maximum absolute atomic E-state index is 5.72. The van der Waals surface area contributed by atoms with Crippen molar-refractivity contribution in [1.29, 1.82) is 0 Å². The van der Waals surface area contributed by atoms with E-state index >= 15 is 0 Å². The Morgan fingerprint density at radius 3 is 2.91 bits per heavy atom. The van der Waals surface area contributed by atoms with Crippen LogP contribution >= 0.6 is 0 Å². The number of aliphatic imine (C=N–C) groups is 1. The summed E-state index contributed by atoms with van der Waals surface area (Å²) in [6.45, 7) is 5.06. The van der Waals surface area contributed by atoms with E-state index in [1.54, 1.807) is 0 Å². The molecule has 1 aromatic rings. The molecule has 1 unspecified atom stereocenters. The van der Waals surface area contributed by atoms with Crippen LogP contribution in [0.3, 0.4) is 0 Å². The Morgan fingerprint density at radius 2 is 2.22 bits per heavy atom. The number of ether oxygens (including phenoxy) is 2. The Kier molecular flexibility index (Phi) is 7.90. The normalized spacial score (nSPS) is 18.2. The first kappa shape index (κ1) is 17.8. The third-order valence-corrected chi connectivity index (χ3v) is 3.96. The lowest BCUT2D eigenvalue weighted by Crippen LogP contribution is -2.39. The van der Waals surface area contributed by atoms with Crippen LogP contribution < -0.4 is 5.32 Å². The van der Waals surface area contributed by atoms with E-state index < -0.39 is 0 Å². The standard InChI is InChI=1S/C18H29N3O2/c1-19-18(21(2)13-16-7-4-3-5-8-16)20-10-6-11-22-14-17-9-12-23-15-17/h3-5,7-8,17H,6,9-15H2,1-2H3,(H,19,20). The van der Waals surface area contributed by atoms with Crippen molar-refractivity contribution in [2.24, 2.45) is 10.9 Å². The molecule has 1 aliphatic rings. The predicted molar refractivity (Wildman–Crippen MR) is 93.6 cm³/mol. The second kappa shape index (κ2) is 10.2. The molecule has 128 valence electrons. The zero-order valence-electron chi connectivity index (χ0n) is 14.3. The van der Waals surface area contributed by atoms with Gasteiger partial charge in [0.15, 0.2) is 5.96 Å². The van der Waals surface area contributed by atoms with Crippen LogP contribution in [0.4, 0.5) is 0 Å². The summed E-state index contributed by atoms with van der Waals surface area (Å²) >= 11 is 0. The molecule has 1 N–H and O–H groups in total. The number of hydrogen-bond donors (Lipinski definition) is 1. The minimum Gasteiger partial charge on any atom is -0.381 e. The van der Waals surface area contributed by atoms with E-state index in [0.29, 0.717) is 5.92 Å². The molecule has 0 amide bonds. The molecule has 5 heteroatoms. The second-order valence-corrected chi connectivity index (χ2v) is 5.97. The molecule has 5 nitrogen and oxygen atoms in total. The van der Waals surface area contributed by atoms with Gasteiger partial charge in [-0.15, -0.1) is 0 Å². The molecule has 1 saturated heterocycles. The van der Waals surface area contributed by atoms with Crippen molar-refractivity contribution in [1.82, 2.24) is 10.2 Å². The van der Waals surface area contributed by atoms with Gasteiger partial charge in [-0.3, -0.25) is 4.99 Å². The summed E-state index contributed by atoms with van der Waals surface area (Å²) in [6, 6.07) is 10.4. The van der Waals surface area contributed by atoms with Crippen molar-refractivity contribution in [3.63, 3.8) is 0 Å². The SMILES string of the molecule is CN=C(NCCCOCC1CCOC1)N(C)Cc1ccccc1. The fourth-order valence-electron chi connectivity index (χ4n) is 2.66. The van der Waals surface area contributed by atoms with Crippen molar-refractivity contribution in [2.75, 3.05) is 47.1 Å². The Morgan fingerprint density at radius 1 is 1.39 bits per heavy atom. The quantitative estimate of drug-likeness (QED) is 0.453. The molecule has 0 saturated carbocycles. The summed E-state index contributed by atoms with van der Waals surface area (Å²) in [5.74, 6) is 1.51. The summed E-state index contributed by atoms with van der Waals surface area (Å²) in [5.41, 5.74) is 1.28. The summed E-state index contributed by atoms with van der Waals surface area (Å²) in [5, 5.41) is 3.39. The van der Waals surface area contributed by atoms with Gasteiger partial charge in [-0.25, -0.2) is 0 Å². The van der Waals surface area contributed by atoms with E-state index in [-0.39, 0.29) is 0 Å². The number of benzene rings is 1. The Bertz CT molecular complexity index is 459. The Hall–Kier alpha value is -1.59. The first-order valence-corrected chi connectivity index (χ1v) is 8.41. The van der Waals surface area contributed by atoms with Crippen molar-refractivity contribution in [3.8, 4) is 0 Å². The van der Waals surface area contributed by atoms with Gasteiger partial charge in [0.2, 0.25) is 0 Å². The maximum atomic E-state index is 5.72. The van der Waals surface area contributed by atoms with Gasteiger partial charge in [-0.05, 0) is 18.4 Å². The fourth-order valence-corrected chi connectivity index (χ4v) is 2.66. The monoisotopic (exact) mass is 319 g/mol. The highest BCUT2D eigenvalue weighted by atomic mass is 16.5. The topological polar surface area (TPSA) is 46.1 Å². The van der Waals surface area contributed by atoms with Crippen LogP contribution in [0.1, 0.15) is 18.4 Å². The molecule has 1 atom stereocenters. The third kappa shape index (κ3) is 6.59. The zero-order chi connectivity index (χ0) is 16.3. The van der Waals surface area contributed by atoms with E-state index in [4.69, 9.17) is 9.47 Å². The highest BCUT2D eigenvalue weighted by molar-refractivity contribution is 5.79. The van der Waals surface area contributed by atoms with Gasteiger partial charge < -0.3 is 19.7 Å². The fraction of sp³-hybridized carbons (Fsp3) is 0.611. The molecule has 0 aliphatic carbocycles. The third-order valence-electron chi connectivity index (χ3n) is 3.96. The van der Waals surface area contributed by atoms with Gasteiger partial charge in [0.1, 0.15) is 0 Å². The van der Waals surface area contributed by atoms with Crippen molar-refractivity contribution >= 4 is 5.96 Å². The highest BCUT2D eigenvalue weighted by Gasteiger charge is 2.15. The molecule has 0 aromatic heterocycles. The minimum absolute atomic E-state index is 0.590. The average molecular weight is 319 g/mol. The molecule has 1 fully saturated rings. The summed E-state index contributed by atoms with van der Waals surface area (Å²) < 4.78 is 11.1. The van der Waals surface area contributed by atoms with E-state index in [9.17, 15) is 0 Å². The molecule has 1 aromatic carbocycles. The molecule has 1 aliphatic heterocycles. The number of rotatable bonds is 8. The molecule has 0 radical (unpaired) electrons. The van der Waals surface area contributed by atoms with Crippen LogP contribution in [0, 0.1) is 5.92 Å². The molecule has 0 spiro atoms. The van der Waals surface area contributed by atoms with E-state index in [2.05, 4.69) is 46.5 Å². The Labute approximate surface area is 139 Å². The van der Waals surface area contributed by atoms with Gasteiger partial charge in [-0.2, -0.15) is 0 Å². The average Bonchev–Trinajstić information content (AvgIpc) is 3.08. The van der Waals surface area contributed by atoms with Gasteiger partial charge in [0.25, 0.3) is 0 Å². The van der Waals surface area contributed by atoms with Crippen LogP contribution in [0.2, 0.25) is 0 Å². The first-order valence-electron chi connectivity index (χ1n) is 8.41.